The molecule has 130 valence electrons. The number of carbonyl (C=O) groups excluding carboxylic acids is 2. The third kappa shape index (κ3) is 12.9. The molecule has 0 aliphatic rings. The molecule has 0 fully saturated rings. The molecule has 0 aromatic rings. The van der Waals surface area contributed by atoms with Gasteiger partial charge < -0.3 is 14.0 Å². The normalized spacial score (nSPS) is 12.7. The van der Waals surface area contributed by atoms with Crippen LogP contribution >= 0.6 is 0 Å². The zero-order chi connectivity index (χ0) is 17.3. The van der Waals surface area contributed by atoms with E-state index in [2.05, 4.69) is 0 Å². The van der Waals surface area contributed by atoms with Crippen molar-refractivity contribution in [3.05, 3.63) is 0 Å². The molecule has 9 heteroatoms. The fraction of sp³-hybridized carbons (Fsp3) is 0.857. The molecule has 0 bridgehead atoms. The van der Waals surface area contributed by atoms with Crippen molar-refractivity contribution < 1.29 is 61.6 Å². The van der Waals surface area contributed by atoms with Crippen molar-refractivity contribution in [1.29, 1.82) is 0 Å². The van der Waals surface area contributed by atoms with Gasteiger partial charge in [0, 0.05) is 0 Å². The van der Waals surface area contributed by atoms with Crippen molar-refractivity contribution in [3.8, 4) is 0 Å². The van der Waals surface area contributed by atoms with Crippen molar-refractivity contribution >= 4 is 22.1 Å². The summed E-state index contributed by atoms with van der Waals surface area (Å²) in [5.74, 6) is -1.52. The van der Waals surface area contributed by atoms with Crippen LogP contribution in [0.15, 0.2) is 0 Å². The Labute approximate surface area is 160 Å². The Morgan fingerprint density at radius 2 is 1.39 bits per heavy atom. The van der Waals surface area contributed by atoms with Gasteiger partial charge in [-0.15, -0.1) is 0 Å². The van der Waals surface area contributed by atoms with Gasteiger partial charge in [0.1, 0.15) is 10.1 Å². The van der Waals surface area contributed by atoms with E-state index in [1.54, 1.807) is 0 Å². The van der Waals surface area contributed by atoms with E-state index in [0.717, 1.165) is 0 Å². The maximum absolute atomic E-state index is 11.7. The van der Waals surface area contributed by atoms with Crippen LogP contribution in [0.5, 0.6) is 0 Å². The van der Waals surface area contributed by atoms with Crippen LogP contribution in [-0.4, -0.2) is 43.4 Å². The van der Waals surface area contributed by atoms with E-state index in [0.29, 0.717) is 18.8 Å². The maximum atomic E-state index is 11.7. The Bertz CT molecular complexity index is 460. The van der Waals surface area contributed by atoms with Gasteiger partial charge in [0.05, 0.1) is 19.6 Å². The summed E-state index contributed by atoms with van der Waals surface area (Å²) in [6, 6.07) is 0. The zero-order valence-electron chi connectivity index (χ0n) is 14.5. The van der Waals surface area contributed by atoms with Gasteiger partial charge in [-0.1, -0.05) is 27.7 Å². The number of hydrogen-bond acceptors (Lipinski definition) is 7. The summed E-state index contributed by atoms with van der Waals surface area (Å²) in [5.41, 5.74) is 0. The molecule has 23 heavy (non-hydrogen) atoms. The van der Waals surface area contributed by atoms with Crippen molar-refractivity contribution in [1.82, 2.24) is 0 Å². The molecular weight excluding hydrogens is 335 g/mol. The zero-order valence-corrected chi connectivity index (χ0v) is 17.4. The van der Waals surface area contributed by atoms with Gasteiger partial charge in [-0.2, -0.15) is 0 Å². The minimum absolute atomic E-state index is 0. The van der Waals surface area contributed by atoms with Crippen LogP contribution in [0.1, 0.15) is 47.0 Å². The van der Waals surface area contributed by atoms with E-state index < -0.39 is 33.7 Å². The molecule has 0 aliphatic carbocycles. The Balaban J connectivity index is 0. The van der Waals surface area contributed by atoms with Crippen LogP contribution in [0.3, 0.4) is 0 Å². The van der Waals surface area contributed by atoms with Gasteiger partial charge in [-0.25, -0.2) is 8.42 Å². The fourth-order valence-corrected chi connectivity index (χ4v) is 2.05. The van der Waals surface area contributed by atoms with Crippen LogP contribution in [-0.2, 0) is 29.2 Å². The van der Waals surface area contributed by atoms with E-state index in [1.165, 1.54) is 0 Å². The molecule has 0 saturated heterocycles. The SMILES string of the molecule is CC(C)CCOC(=O)CC(C(=O)OCCC(C)C)S(=O)(=O)[O-].[Na+]. The van der Waals surface area contributed by atoms with Gasteiger partial charge in [0.15, 0.2) is 5.25 Å². The minimum atomic E-state index is -4.98. The molecule has 0 saturated carbocycles. The number of rotatable bonds is 10. The average Bonchev–Trinajstić information content (AvgIpc) is 2.33. The first kappa shape index (κ1) is 25.1. The molecule has 0 N–H and O–H groups in total. The van der Waals surface area contributed by atoms with Gasteiger partial charge >= 0.3 is 41.5 Å². The van der Waals surface area contributed by atoms with E-state index in [1.807, 2.05) is 27.7 Å². The second-order valence-corrected chi connectivity index (χ2v) is 7.49. The summed E-state index contributed by atoms with van der Waals surface area (Å²) in [7, 11) is -4.98. The molecule has 0 heterocycles. The monoisotopic (exact) mass is 360 g/mol. The molecule has 0 radical (unpaired) electrons. The third-order valence-electron chi connectivity index (χ3n) is 2.86. The van der Waals surface area contributed by atoms with E-state index >= 15 is 0 Å². The third-order valence-corrected chi connectivity index (χ3v) is 3.92. The van der Waals surface area contributed by atoms with Gasteiger partial charge in [0.2, 0.25) is 0 Å². The smallest absolute Gasteiger partial charge is 0.747 e. The fourth-order valence-electron chi connectivity index (χ4n) is 1.41. The molecule has 0 amide bonds. The van der Waals surface area contributed by atoms with Crippen molar-refractivity contribution in [2.75, 3.05) is 13.2 Å². The predicted molar refractivity (Wildman–Crippen MR) is 78.9 cm³/mol. The average molecular weight is 360 g/mol. The topological polar surface area (TPSA) is 110 Å². The van der Waals surface area contributed by atoms with E-state index in [-0.39, 0.29) is 48.7 Å². The van der Waals surface area contributed by atoms with Gasteiger partial charge in [0.25, 0.3) is 0 Å². The molecule has 0 rings (SSSR count). The summed E-state index contributed by atoms with van der Waals surface area (Å²) >= 11 is 0. The Hall–Kier alpha value is -0.150. The van der Waals surface area contributed by atoms with Gasteiger partial charge in [-0.05, 0) is 24.7 Å². The van der Waals surface area contributed by atoms with E-state index in [4.69, 9.17) is 9.47 Å². The van der Waals surface area contributed by atoms with Crippen LogP contribution < -0.4 is 29.6 Å². The summed E-state index contributed by atoms with van der Waals surface area (Å²) < 4.78 is 43.0. The summed E-state index contributed by atoms with van der Waals surface area (Å²) in [6.45, 7) is 7.80. The van der Waals surface area contributed by atoms with Crippen LogP contribution in [0.25, 0.3) is 0 Å². The second-order valence-electron chi connectivity index (χ2n) is 5.94. The van der Waals surface area contributed by atoms with Crippen molar-refractivity contribution in [3.63, 3.8) is 0 Å². The quantitative estimate of drug-likeness (QED) is 0.264. The van der Waals surface area contributed by atoms with Crippen molar-refractivity contribution in [2.45, 2.75) is 52.2 Å². The summed E-state index contributed by atoms with van der Waals surface area (Å²) in [5, 5.41) is -2.05. The number of esters is 2. The Morgan fingerprint density at radius 3 is 1.78 bits per heavy atom. The van der Waals surface area contributed by atoms with E-state index in [9.17, 15) is 22.6 Å². The number of hydrogen-bond donors (Lipinski definition) is 0. The minimum Gasteiger partial charge on any atom is -0.747 e. The summed E-state index contributed by atoms with van der Waals surface area (Å²) in [4.78, 5) is 23.2. The molecule has 1 atom stereocenters. The Morgan fingerprint density at radius 1 is 0.957 bits per heavy atom. The first-order valence-electron chi connectivity index (χ1n) is 7.31. The Kier molecular flexibility index (Phi) is 13.4. The molecule has 1 unspecified atom stereocenters. The van der Waals surface area contributed by atoms with Crippen LogP contribution in [0.4, 0.5) is 0 Å². The predicted octanol–water partition coefficient (Wildman–Crippen LogP) is -1.53. The molecule has 0 aromatic carbocycles. The standard InChI is InChI=1S/C14H26O7S.Na/c1-10(2)5-7-20-13(15)9-12(22(17,18)19)14(16)21-8-6-11(3)4;/h10-12H,5-9H2,1-4H3,(H,17,18,19);/q;+1/p-1. The first-order chi connectivity index (χ1) is 10.0. The molecule has 0 spiro atoms. The van der Waals surface area contributed by atoms with Gasteiger partial charge in [-0.3, -0.25) is 9.59 Å². The van der Waals surface area contributed by atoms with Crippen LogP contribution in [0.2, 0.25) is 0 Å². The van der Waals surface area contributed by atoms with Crippen LogP contribution in [0, 0.1) is 11.8 Å². The maximum Gasteiger partial charge on any atom is 1.00 e. The summed E-state index contributed by atoms with van der Waals surface area (Å²) in [6.07, 6.45) is 0.333. The first-order valence-corrected chi connectivity index (χ1v) is 8.78. The van der Waals surface area contributed by atoms with Crippen molar-refractivity contribution in [2.24, 2.45) is 11.8 Å². The molecular formula is C14H25NaO7S. The molecule has 7 nitrogen and oxygen atoms in total. The largest absolute Gasteiger partial charge is 1.00 e. The second kappa shape index (κ2) is 12.2. The number of carbonyl (C=O) groups is 2. The molecule has 0 aliphatic heterocycles. The molecule has 0 aromatic heterocycles. The number of ether oxygens (including phenoxy) is 2.